The van der Waals surface area contributed by atoms with Crippen LogP contribution in [0.15, 0.2) is 24.3 Å². The molecule has 0 spiro atoms. The van der Waals surface area contributed by atoms with Crippen LogP contribution in [0.5, 0.6) is 0 Å². The van der Waals surface area contributed by atoms with E-state index in [0.29, 0.717) is 18.2 Å². The van der Waals surface area contributed by atoms with Crippen LogP contribution in [-0.2, 0) is 14.3 Å². The lowest BCUT2D eigenvalue weighted by Gasteiger charge is -2.37. The zero-order chi connectivity index (χ0) is 19.0. The molecule has 2 amide bonds. The Labute approximate surface area is 172 Å². The third kappa shape index (κ3) is 7.66. The van der Waals surface area contributed by atoms with Crippen LogP contribution in [0, 0.1) is 5.41 Å². The number of hydrogen-bond acceptors (Lipinski definition) is 4. The van der Waals surface area contributed by atoms with E-state index in [1.54, 1.807) is 19.2 Å². The van der Waals surface area contributed by atoms with E-state index in [1.807, 2.05) is 12.1 Å². The zero-order valence-electron chi connectivity index (χ0n) is 15.8. The van der Waals surface area contributed by atoms with Crippen LogP contribution in [0.4, 0.5) is 0 Å². The summed E-state index contributed by atoms with van der Waals surface area (Å²) in [7, 11) is 1.69. The SMILES string of the molecule is COCC1(CNC(=O)CC(NC(C)=O)c2ccc(Cl)cc2)CCNCC1.Cl. The van der Waals surface area contributed by atoms with E-state index >= 15 is 0 Å². The third-order valence-electron chi connectivity index (χ3n) is 4.81. The fourth-order valence-electron chi connectivity index (χ4n) is 3.37. The fourth-order valence-corrected chi connectivity index (χ4v) is 3.50. The van der Waals surface area contributed by atoms with Gasteiger partial charge in [-0.15, -0.1) is 12.4 Å². The molecule has 1 fully saturated rings. The van der Waals surface area contributed by atoms with Gasteiger partial charge in [0.05, 0.1) is 19.1 Å². The van der Waals surface area contributed by atoms with Crippen molar-refractivity contribution >= 4 is 35.8 Å². The molecule has 1 aromatic carbocycles. The van der Waals surface area contributed by atoms with Gasteiger partial charge in [-0.2, -0.15) is 0 Å². The largest absolute Gasteiger partial charge is 0.384 e. The molecular formula is C19H29Cl2N3O3. The molecule has 6 nitrogen and oxygen atoms in total. The number of nitrogens with one attached hydrogen (secondary N) is 3. The molecule has 152 valence electrons. The van der Waals surface area contributed by atoms with Gasteiger partial charge in [-0.05, 0) is 43.6 Å². The predicted molar refractivity (Wildman–Crippen MR) is 109 cm³/mol. The number of hydrogen-bond donors (Lipinski definition) is 3. The Balaban J connectivity index is 0.00000364. The van der Waals surface area contributed by atoms with Crippen LogP contribution in [0.2, 0.25) is 5.02 Å². The standard InChI is InChI=1S/C19H28ClN3O3.ClH/c1-14(24)23-17(15-3-5-16(20)6-4-15)11-18(25)22-12-19(13-26-2)7-9-21-10-8-19;/h3-6,17,21H,7-13H2,1-2H3,(H,22,25)(H,23,24);1H. The quantitative estimate of drug-likeness (QED) is 0.606. The third-order valence-corrected chi connectivity index (χ3v) is 5.07. The van der Waals surface area contributed by atoms with Gasteiger partial charge in [0.25, 0.3) is 0 Å². The second-order valence-electron chi connectivity index (χ2n) is 6.97. The number of benzene rings is 1. The molecule has 1 aliphatic heterocycles. The first-order valence-corrected chi connectivity index (χ1v) is 9.31. The minimum Gasteiger partial charge on any atom is -0.384 e. The van der Waals surface area contributed by atoms with Crippen LogP contribution in [0.1, 0.15) is 37.8 Å². The first-order chi connectivity index (χ1) is 12.4. The minimum absolute atomic E-state index is 0. The van der Waals surface area contributed by atoms with Crippen LogP contribution in [-0.4, -0.2) is 45.2 Å². The zero-order valence-corrected chi connectivity index (χ0v) is 17.4. The first-order valence-electron chi connectivity index (χ1n) is 8.93. The van der Waals surface area contributed by atoms with Crippen LogP contribution in [0.3, 0.4) is 0 Å². The molecule has 0 aromatic heterocycles. The highest BCUT2D eigenvalue weighted by Crippen LogP contribution is 2.28. The summed E-state index contributed by atoms with van der Waals surface area (Å²) >= 11 is 5.93. The lowest BCUT2D eigenvalue weighted by Crippen LogP contribution is -2.47. The molecule has 27 heavy (non-hydrogen) atoms. The second-order valence-corrected chi connectivity index (χ2v) is 7.40. The van der Waals surface area contributed by atoms with Crippen molar-refractivity contribution in [1.29, 1.82) is 0 Å². The second kappa shape index (κ2) is 11.5. The molecule has 1 unspecified atom stereocenters. The number of amides is 2. The van der Waals surface area contributed by atoms with Gasteiger partial charge in [0.15, 0.2) is 0 Å². The number of piperidine rings is 1. The lowest BCUT2D eigenvalue weighted by molar-refractivity contribution is -0.123. The van der Waals surface area contributed by atoms with Crippen LogP contribution >= 0.6 is 24.0 Å². The molecule has 1 heterocycles. The van der Waals surface area contributed by atoms with Crippen molar-refractivity contribution in [2.24, 2.45) is 5.41 Å². The van der Waals surface area contributed by atoms with Gasteiger partial charge >= 0.3 is 0 Å². The topological polar surface area (TPSA) is 79.5 Å². The molecule has 0 radical (unpaired) electrons. The van der Waals surface area contributed by atoms with E-state index in [0.717, 1.165) is 31.5 Å². The summed E-state index contributed by atoms with van der Waals surface area (Å²) in [5.41, 5.74) is 0.826. The number of carbonyl (C=O) groups is 2. The average molecular weight is 418 g/mol. The Hall–Kier alpha value is -1.34. The number of rotatable bonds is 8. The number of methoxy groups -OCH3 is 1. The molecule has 8 heteroatoms. The molecule has 0 saturated carbocycles. The molecule has 1 saturated heterocycles. The number of carbonyl (C=O) groups excluding carboxylic acids is 2. The summed E-state index contributed by atoms with van der Waals surface area (Å²) in [6.07, 6.45) is 2.11. The average Bonchev–Trinajstić information content (AvgIpc) is 2.61. The summed E-state index contributed by atoms with van der Waals surface area (Å²) in [5, 5.41) is 9.84. The Morgan fingerprint density at radius 2 is 1.89 bits per heavy atom. The highest BCUT2D eigenvalue weighted by Gasteiger charge is 2.32. The molecule has 1 aromatic rings. The number of ether oxygens (including phenoxy) is 1. The predicted octanol–water partition coefficient (Wildman–Crippen LogP) is 2.46. The highest BCUT2D eigenvalue weighted by atomic mass is 35.5. The minimum atomic E-state index is -0.379. The van der Waals surface area contributed by atoms with Crippen molar-refractivity contribution in [3.63, 3.8) is 0 Å². The van der Waals surface area contributed by atoms with Crippen molar-refractivity contribution < 1.29 is 14.3 Å². The maximum Gasteiger partial charge on any atom is 0.222 e. The van der Waals surface area contributed by atoms with Crippen molar-refractivity contribution in [2.45, 2.75) is 32.2 Å². The summed E-state index contributed by atoms with van der Waals surface area (Å²) in [5.74, 6) is -0.264. The molecule has 3 N–H and O–H groups in total. The van der Waals surface area contributed by atoms with E-state index in [1.165, 1.54) is 6.92 Å². The van der Waals surface area contributed by atoms with Crippen LogP contribution in [0.25, 0.3) is 0 Å². The summed E-state index contributed by atoms with van der Waals surface area (Å²) in [4.78, 5) is 24.0. The Kier molecular flexibility index (Phi) is 10.1. The van der Waals surface area contributed by atoms with Gasteiger partial charge in [-0.1, -0.05) is 23.7 Å². The first kappa shape index (κ1) is 23.7. The summed E-state index contributed by atoms with van der Waals surface area (Å²) in [6.45, 7) is 4.51. The Bertz CT molecular complexity index is 599. The normalized spacial score (nSPS) is 16.7. The summed E-state index contributed by atoms with van der Waals surface area (Å²) < 4.78 is 5.38. The lowest BCUT2D eigenvalue weighted by atomic mass is 9.79. The van der Waals surface area contributed by atoms with E-state index in [4.69, 9.17) is 16.3 Å². The maximum absolute atomic E-state index is 12.5. The number of halogens is 2. The van der Waals surface area contributed by atoms with Crippen molar-refractivity contribution in [3.8, 4) is 0 Å². The van der Waals surface area contributed by atoms with Gasteiger partial charge in [-0.25, -0.2) is 0 Å². The van der Waals surface area contributed by atoms with Crippen LogP contribution < -0.4 is 16.0 Å². The molecule has 2 rings (SSSR count). The molecule has 1 atom stereocenters. The van der Waals surface area contributed by atoms with Crippen molar-refractivity contribution in [3.05, 3.63) is 34.9 Å². The maximum atomic E-state index is 12.5. The van der Waals surface area contributed by atoms with Crippen molar-refractivity contribution in [2.75, 3.05) is 33.4 Å². The van der Waals surface area contributed by atoms with Gasteiger partial charge < -0.3 is 20.7 Å². The van der Waals surface area contributed by atoms with Crippen molar-refractivity contribution in [1.82, 2.24) is 16.0 Å². The van der Waals surface area contributed by atoms with Gasteiger partial charge in [-0.3, -0.25) is 9.59 Å². The Morgan fingerprint density at radius 3 is 2.44 bits per heavy atom. The van der Waals surface area contributed by atoms with Gasteiger partial charge in [0, 0.05) is 31.0 Å². The Morgan fingerprint density at radius 1 is 1.26 bits per heavy atom. The smallest absolute Gasteiger partial charge is 0.222 e. The summed E-state index contributed by atoms with van der Waals surface area (Å²) in [6, 6.07) is 6.79. The molecule has 0 aliphatic carbocycles. The monoisotopic (exact) mass is 417 g/mol. The van der Waals surface area contributed by atoms with E-state index < -0.39 is 0 Å². The van der Waals surface area contributed by atoms with Gasteiger partial charge in [0.2, 0.25) is 11.8 Å². The van der Waals surface area contributed by atoms with E-state index in [9.17, 15) is 9.59 Å². The molecule has 0 bridgehead atoms. The van der Waals surface area contributed by atoms with E-state index in [-0.39, 0.29) is 42.1 Å². The van der Waals surface area contributed by atoms with Gasteiger partial charge in [0.1, 0.15) is 0 Å². The fraction of sp³-hybridized carbons (Fsp3) is 0.579. The molecular weight excluding hydrogens is 389 g/mol. The highest BCUT2D eigenvalue weighted by molar-refractivity contribution is 6.30. The molecule has 1 aliphatic rings. The van der Waals surface area contributed by atoms with E-state index in [2.05, 4.69) is 16.0 Å².